The molecule has 0 radical (unpaired) electrons. The van der Waals surface area contributed by atoms with Crippen LogP contribution in [-0.2, 0) is 9.59 Å². The summed E-state index contributed by atoms with van der Waals surface area (Å²) in [5, 5.41) is 17.1. The Morgan fingerprint density at radius 2 is 1.50 bits per heavy atom. The molecule has 0 fully saturated rings. The highest BCUT2D eigenvalue weighted by molar-refractivity contribution is 5.86. The molecule has 0 rings (SSSR count). The zero-order chi connectivity index (χ0) is 14.0. The summed E-state index contributed by atoms with van der Waals surface area (Å²) in [6, 6.07) is -1.32. The van der Waals surface area contributed by atoms with E-state index in [-0.39, 0.29) is 19.6 Å². The number of nitrogens with two attached hydrogens (primary N) is 1. The molecule has 102 valence electrons. The van der Waals surface area contributed by atoms with Gasteiger partial charge in [-0.2, -0.15) is 0 Å². The largest absolute Gasteiger partial charge is 0.480 e. The Morgan fingerprint density at radius 1 is 0.889 bits per heavy atom. The number of primary amides is 1. The minimum absolute atomic E-state index is 0.144. The Labute approximate surface area is 102 Å². The second-order valence-electron chi connectivity index (χ2n) is 3.07. The van der Waals surface area contributed by atoms with E-state index in [0.29, 0.717) is 0 Å². The molecule has 0 aliphatic heterocycles. The van der Waals surface area contributed by atoms with E-state index >= 15 is 0 Å². The van der Waals surface area contributed by atoms with Gasteiger partial charge in [0.25, 0.3) is 0 Å². The van der Waals surface area contributed by atoms with E-state index in [9.17, 15) is 19.2 Å². The number of carbonyl (C=O) groups is 4. The van der Waals surface area contributed by atoms with Crippen LogP contribution in [0.1, 0.15) is 0 Å². The molecule has 0 heterocycles. The van der Waals surface area contributed by atoms with E-state index in [1.54, 1.807) is 0 Å². The van der Waals surface area contributed by atoms with E-state index in [0.717, 1.165) is 0 Å². The molecule has 7 N–H and O–H groups in total. The summed E-state index contributed by atoms with van der Waals surface area (Å²) < 4.78 is 0. The number of amides is 5. The summed E-state index contributed by atoms with van der Waals surface area (Å²) in [6.45, 7) is -0.549. The van der Waals surface area contributed by atoms with Crippen molar-refractivity contribution in [3.8, 4) is 0 Å². The monoisotopic (exact) mass is 261 g/mol. The minimum Gasteiger partial charge on any atom is -0.480 e. The number of hydrogen-bond donors (Lipinski definition) is 6. The normalized spacial score (nSPS) is 9.11. The van der Waals surface area contributed by atoms with Gasteiger partial charge in [-0.3, -0.25) is 9.59 Å². The first-order valence-electron chi connectivity index (χ1n) is 4.95. The molecule has 0 saturated carbocycles. The quantitative estimate of drug-likeness (QED) is 0.271. The zero-order valence-electron chi connectivity index (χ0n) is 9.49. The van der Waals surface area contributed by atoms with Crippen molar-refractivity contribution in [1.82, 2.24) is 21.3 Å². The van der Waals surface area contributed by atoms with Crippen LogP contribution in [-0.4, -0.2) is 55.2 Å². The molecular weight excluding hydrogens is 246 g/mol. The summed E-state index contributed by atoms with van der Waals surface area (Å²) in [5.41, 5.74) is 4.79. The lowest BCUT2D eigenvalue weighted by Gasteiger charge is -2.07. The number of aliphatic carboxylic acids is 1. The van der Waals surface area contributed by atoms with Crippen LogP contribution in [0.15, 0.2) is 0 Å². The van der Waals surface area contributed by atoms with Gasteiger partial charge in [0.05, 0.1) is 6.54 Å². The lowest BCUT2D eigenvalue weighted by molar-refractivity contribution is -0.137. The molecule has 0 aliphatic carbocycles. The van der Waals surface area contributed by atoms with Crippen LogP contribution in [0.2, 0.25) is 0 Å². The van der Waals surface area contributed by atoms with Crippen LogP contribution in [0.25, 0.3) is 0 Å². The van der Waals surface area contributed by atoms with E-state index < -0.39 is 30.5 Å². The third kappa shape index (κ3) is 10.0. The maximum absolute atomic E-state index is 11.1. The van der Waals surface area contributed by atoms with Crippen molar-refractivity contribution in [1.29, 1.82) is 0 Å². The summed E-state index contributed by atoms with van der Waals surface area (Å²) in [5.74, 6) is -1.80. The molecular formula is C8H15N5O5. The Bertz CT molecular complexity index is 332. The third-order valence-electron chi connectivity index (χ3n) is 1.56. The molecule has 5 amide bonds. The fourth-order valence-corrected chi connectivity index (χ4v) is 0.821. The smallest absolute Gasteiger partial charge is 0.322 e. The van der Waals surface area contributed by atoms with Gasteiger partial charge < -0.3 is 32.1 Å². The Hall–Kier alpha value is -2.52. The van der Waals surface area contributed by atoms with Crippen LogP contribution >= 0.6 is 0 Å². The average Bonchev–Trinajstić information content (AvgIpc) is 2.29. The van der Waals surface area contributed by atoms with Crippen molar-refractivity contribution in [3.05, 3.63) is 0 Å². The molecule has 0 aromatic carbocycles. The van der Waals surface area contributed by atoms with Crippen molar-refractivity contribution in [2.75, 3.05) is 26.2 Å². The molecule has 18 heavy (non-hydrogen) atoms. The fraction of sp³-hybridized carbons (Fsp3) is 0.500. The van der Waals surface area contributed by atoms with Gasteiger partial charge in [-0.15, -0.1) is 0 Å². The third-order valence-corrected chi connectivity index (χ3v) is 1.56. The highest BCUT2D eigenvalue weighted by Crippen LogP contribution is 1.69. The Morgan fingerprint density at radius 3 is 2.06 bits per heavy atom. The van der Waals surface area contributed by atoms with Gasteiger partial charge in [0.15, 0.2) is 0 Å². The van der Waals surface area contributed by atoms with Crippen molar-refractivity contribution in [3.63, 3.8) is 0 Å². The van der Waals surface area contributed by atoms with Crippen LogP contribution in [0.3, 0.4) is 0 Å². The average molecular weight is 261 g/mol. The predicted molar refractivity (Wildman–Crippen MR) is 59.6 cm³/mol. The number of hydrogen-bond acceptors (Lipinski definition) is 4. The SMILES string of the molecule is NC(=O)NCCNC(=O)NCC(=O)NCC(=O)O. The van der Waals surface area contributed by atoms with E-state index in [1.165, 1.54) is 0 Å². The van der Waals surface area contributed by atoms with Gasteiger partial charge in [0, 0.05) is 13.1 Å². The lowest BCUT2D eigenvalue weighted by atomic mass is 10.5. The second-order valence-corrected chi connectivity index (χ2v) is 3.07. The number of carbonyl (C=O) groups excluding carboxylic acids is 3. The van der Waals surface area contributed by atoms with Crippen LogP contribution in [0.4, 0.5) is 9.59 Å². The first-order chi connectivity index (χ1) is 8.41. The molecule has 0 aliphatic rings. The number of rotatable bonds is 7. The topological polar surface area (TPSA) is 163 Å². The van der Waals surface area contributed by atoms with E-state index in [1.807, 2.05) is 0 Å². The second kappa shape index (κ2) is 8.61. The Kier molecular flexibility index (Phi) is 7.41. The molecule has 0 spiro atoms. The summed E-state index contributed by atoms with van der Waals surface area (Å²) in [4.78, 5) is 42.4. The Balaban J connectivity index is 3.54. The highest BCUT2D eigenvalue weighted by Gasteiger charge is 2.05. The standard InChI is InChI=1S/C8H15N5O5/c9-7(17)10-1-2-11-8(18)13-3-5(14)12-4-6(15)16/h1-4H2,(H,12,14)(H,15,16)(H3,9,10,17)(H2,11,13,18). The van der Waals surface area contributed by atoms with Crippen LogP contribution < -0.4 is 27.0 Å². The molecule has 0 bridgehead atoms. The van der Waals surface area contributed by atoms with Gasteiger partial charge in [-0.05, 0) is 0 Å². The number of carboxylic acids is 1. The van der Waals surface area contributed by atoms with E-state index in [4.69, 9.17) is 10.8 Å². The van der Waals surface area contributed by atoms with Gasteiger partial charge >= 0.3 is 18.0 Å². The predicted octanol–water partition coefficient (Wildman–Crippen LogP) is -2.85. The molecule has 0 aromatic rings. The molecule has 0 unspecified atom stereocenters. The highest BCUT2D eigenvalue weighted by atomic mass is 16.4. The summed E-state index contributed by atoms with van der Waals surface area (Å²) >= 11 is 0. The molecule has 0 aromatic heterocycles. The van der Waals surface area contributed by atoms with Gasteiger partial charge in [-0.1, -0.05) is 0 Å². The lowest BCUT2D eigenvalue weighted by Crippen LogP contribution is -2.45. The minimum atomic E-state index is -1.18. The molecule has 10 nitrogen and oxygen atoms in total. The maximum Gasteiger partial charge on any atom is 0.322 e. The van der Waals surface area contributed by atoms with Gasteiger partial charge in [-0.25, -0.2) is 9.59 Å². The van der Waals surface area contributed by atoms with Crippen LogP contribution in [0.5, 0.6) is 0 Å². The number of nitrogens with one attached hydrogen (secondary N) is 4. The molecule has 0 atom stereocenters. The van der Waals surface area contributed by atoms with E-state index in [2.05, 4.69) is 21.3 Å². The zero-order valence-corrected chi connectivity index (χ0v) is 9.49. The molecule has 0 saturated heterocycles. The number of urea groups is 2. The van der Waals surface area contributed by atoms with Crippen molar-refractivity contribution in [2.24, 2.45) is 5.73 Å². The first-order valence-corrected chi connectivity index (χ1v) is 4.95. The summed E-state index contributed by atoms with van der Waals surface area (Å²) in [7, 11) is 0. The van der Waals surface area contributed by atoms with Crippen molar-refractivity contribution in [2.45, 2.75) is 0 Å². The fourth-order valence-electron chi connectivity index (χ4n) is 0.821. The van der Waals surface area contributed by atoms with Crippen LogP contribution in [0, 0.1) is 0 Å². The van der Waals surface area contributed by atoms with Crippen molar-refractivity contribution < 1.29 is 24.3 Å². The van der Waals surface area contributed by atoms with Gasteiger partial charge in [0.2, 0.25) is 5.91 Å². The van der Waals surface area contributed by atoms with Crippen molar-refractivity contribution >= 4 is 23.9 Å². The summed E-state index contributed by atoms with van der Waals surface area (Å²) in [6.07, 6.45) is 0. The maximum atomic E-state index is 11.1. The molecule has 10 heteroatoms. The number of carboxylic acid groups (broad SMARTS) is 1. The first kappa shape index (κ1) is 15.5. The van der Waals surface area contributed by atoms with Gasteiger partial charge in [0.1, 0.15) is 6.54 Å².